The number of benzene rings is 1. The van der Waals surface area contributed by atoms with Gasteiger partial charge in [-0.25, -0.2) is 4.39 Å². The average Bonchev–Trinajstić information content (AvgIpc) is 2.63. The maximum Gasteiger partial charge on any atom is 0.229 e. The van der Waals surface area contributed by atoms with Gasteiger partial charge in [0.15, 0.2) is 0 Å². The van der Waals surface area contributed by atoms with E-state index >= 15 is 0 Å². The van der Waals surface area contributed by atoms with Crippen LogP contribution in [0.2, 0.25) is 0 Å². The van der Waals surface area contributed by atoms with Gasteiger partial charge in [-0.1, -0.05) is 33.2 Å². The first-order chi connectivity index (χ1) is 7.59. The molecule has 1 atom stereocenters. The highest BCUT2D eigenvalue weighted by molar-refractivity contribution is 9.10. The third kappa shape index (κ3) is 1.95. The van der Waals surface area contributed by atoms with Crippen LogP contribution in [0, 0.1) is 0 Å². The summed E-state index contributed by atoms with van der Waals surface area (Å²) < 4.78 is 18.6. The molecule has 0 fully saturated rings. The molecule has 1 heterocycles. The first kappa shape index (κ1) is 11.1. The van der Waals surface area contributed by atoms with Gasteiger partial charge in [-0.2, -0.15) is 0 Å². The van der Waals surface area contributed by atoms with E-state index in [1.807, 2.05) is 0 Å². The lowest BCUT2D eigenvalue weighted by Crippen LogP contribution is -1.89. The quantitative estimate of drug-likeness (QED) is 0.914. The Balaban J connectivity index is 2.46. The summed E-state index contributed by atoms with van der Waals surface area (Å²) in [5.74, 6) is 0.257. The number of aromatic nitrogens is 1. The first-order valence-corrected chi connectivity index (χ1v) is 5.53. The van der Waals surface area contributed by atoms with E-state index in [0.29, 0.717) is 15.6 Å². The van der Waals surface area contributed by atoms with Crippen LogP contribution in [0.1, 0.15) is 18.7 Å². The third-order valence-electron chi connectivity index (χ3n) is 2.34. The van der Waals surface area contributed by atoms with Gasteiger partial charge in [0.1, 0.15) is 6.17 Å². The van der Waals surface area contributed by atoms with Crippen molar-refractivity contribution in [2.45, 2.75) is 13.1 Å². The number of anilines is 1. The Morgan fingerprint density at radius 1 is 1.50 bits per heavy atom. The van der Waals surface area contributed by atoms with Crippen LogP contribution in [0.25, 0.3) is 11.1 Å². The molecule has 16 heavy (non-hydrogen) atoms. The van der Waals surface area contributed by atoms with Gasteiger partial charge < -0.3 is 10.3 Å². The molecule has 0 bridgehead atoms. The minimum Gasteiger partial charge on any atom is -0.367 e. The third-order valence-corrected chi connectivity index (χ3v) is 3.03. The van der Waals surface area contributed by atoms with Gasteiger partial charge >= 0.3 is 0 Å². The molecule has 0 aliphatic heterocycles. The zero-order valence-electron chi connectivity index (χ0n) is 8.58. The summed E-state index contributed by atoms with van der Waals surface area (Å²) in [6.07, 6.45) is 0.526. The summed E-state index contributed by atoms with van der Waals surface area (Å²) in [6.45, 7) is 1.49. The molecule has 0 saturated heterocycles. The zero-order chi connectivity index (χ0) is 11.7. The number of nitrogen functional groups attached to an aromatic ring is 1. The average molecular weight is 285 g/mol. The van der Waals surface area contributed by atoms with Crippen LogP contribution in [0.4, 0.5) is 10.3 Å². The topological polar surface area (TPSA) is 52.0 Å². The standard InChI is InChI=1S/C11H10BrFN2O/c1-6(13)8-3-2-7(4-10(8)12)9-5-15-16-11(9)14/h2-6H,14H2,1H3. The Morgan fingerprint density at radius 2 is 2.25 bits per heavy atom. The van der Waals surface area contributed by atoms with Crippen molar-refractivity contribution in [2.75, 3.05) is 5.73 Å². The van der Waals surface area contributed by atoms with E-state index in [0.717, 1.165) is 5.56 Å². The second-order valence-electron chi connectivity index (χ2n) is 3.46. The molecule has 0 aliphatic rings. The van der Waals surface area contributed by atoms with Crippen molar-refractivity contribution in [1.29, 1.82) is 0 Å². The maximum absolute atomic E-state index is 13.2. The number of rotatable bonds is 2. The first-order valence-electron chi connectivity index (χ1n) is 4.73. The highest BCUT2D eigenvalue weighted by Gasteiger charge is 2.12. The molecule has 0 amide bonds. The molecule has 0 aliphatic carbocycles. The van der Waals surface area contributed by atoms with Crippen molar-refractivity contribution >= 4 is 21.8 Å². The number of nitrogens with two attached hydrogens (primary N) is 1. The minimum atomic E-state index is -1.01. The normalized spacial score (nSPS) is 12.7. The molecule has 84 valence electrons. The zero-order valence-corrected chi connectivity index (χ0v) is 10.2. The van der Waals surface area contributed by atoms with Crippen LogP contribution in [-0.4, -0.2) is 5.16 Å². The molecule has 0 saturated carbocycles. The summed E-state index contributed by atoms with van der Waals surface area (Å²) in [5, 5.41) is 3.60. The van der Waals surface area contributed by atoms with Crippen LogP contribution in [0.15, 0.2) is 33.4 Å². The second kappa shape index (κ2) is 4.25. The number of hydrogen-bond acceptors (Lipinski definition) is 3. The molecule has 1 unspecified atom stereocenters. The Morgan fingerprint density at radius 3 is 2.75 bits per heavy atom. The molecule has 1 aromatic heterocycles. The lowest BCUT2D eigenvalue weighted by molar-refractivity contribution is 0.373. The molecule has 5 heteroatoms. The van der Waals surface area contributed by atoms with Crippen molar-refractivity contribution in [2.24, 2.45) is 0 Å². The van der Waals surface area contributed by atoms with Crippen LogP contribution in [0.5, 0.6) is 0 Å². The van der Waals surface area contributed by atoms with E-state index < -0.39 is 6.17 Å². The number of hydrogen-bond donors (Lipinski definition) is 1. The van der Waals surface area contributed by atoms with Crippen molar-refractivity contribution < 1.29 is 8.91 Å². The molecule has 2 aromatic rings. The van der Waals surface area contributed by atoms with E-state index in [1.165, 1.54) is 13.1 Å². The predicted molar refractivity (Wildman–Crippen MR) is 63.6 cm³/mol. The monoisotopic (exact) mass is 284 g/mol. The van der Waals surface area contributed by atoms with Crippen LogP contribution >= 0.6 is 15.9 Å². The lowest BCUT2D eigenvalue weighted by atomic mass is 10.0. The van der Waals surface area contributed by atoms with Crippen molar-refractivity contribution in [3.8, 4) is 11.1 Å². The number of alkyl halides is 1. The minimum absolute atomic E-state index is 0.257. The molecule has 2 N–H and O–H groups in total. The second-order valence-corrected chi connectivity index (χ2v) is 4.31. The Kier molecular flexibility index (Phi) is 2.96. The van der Waals surface area contributed by atoms with E-state index in [4.69, 9.17) is 10.3 Å². The smallest absolute Gasteiger partial charge is 0.229 e. The van der Waals surface area contributed by atoms with Gasteiger partial charge in [0.25, 0.3) is 0 Å². The largest absolute Gasteiger partial charge is 0.367 e. The highest BCUT2D eigenvalue weighted by atomic mass is 79.9. The van der Waals surface area contributed by atoms with Gasteiger partial charge in [-0.3, -0.25) is 0 Å². The fourth-order valence-electron chi connectivity index (χ4n) is 1.48. The lowest BCUT2D eigenvalue weighted by Gasteiger charge is -2.07. The van der Waals surface area contributed by atoms with Crippen LogP contribution < -0.4 is 5.73 Å². The summed E-state index contributed by atoms with van der Waals surface area (Å²) in [5.41, 5.74) is 7.76. The van der Waals surface area contributed by atoms with Gasteiger partial charge in [-0.05, 0) is 24.1 Å². The van der Waals surface area contributed by atoms with Gasteiger partial charge in [0, 0.05) is 4.47 Å². The molecule has 1 aromatic carbocycles. The Bertz CT molecular complexity index is 510. The summed E-state index contributed by atoms with van der Waals surface area (Å²) in [7, 11) is 0. The Hall–Kier alpha value is -1.36. The molecule has 2 rings (SSSR count). The maximum atomic E-state index is 13.2. The van der Waals surface area contributed by atoms with E-state index in [-0.39, 0.29) is 5.88 Å². The summed E-state index contributed by atoms with van der Waals surface area (Å²) in [4.78, 5) is 0. The number of halogens is 2. The Labute approximate surface area is 101 Å². The summed E-state index contributed by atoms with van der Waals surface area (Å²) in [6, 6.07) is 5.31. The van der Waals surface area contributed by atoms with Crippen LogP contribution in [-0.2, 0) is 0 Å². The fourth-order valence-corrected chi connectivity index (χ4v) is 2.18. The SMILES string of the molecule is CC(F)c1ccc(-c2cnoc2N)cc1Br. The molecule has 3 nitrogen and oxygen atoms in total. The van der Waals surface area contributed by atoms with E-state index in [2.05, 4.69) is 21.1 Å². The molecular formula is C11H10BrFN2O. The van der Waals surface area contributed by atoms with E-state index in [1.54, 1.807) is 18.2 Å². The van der Waals surface area contributed by atoms with Gasteiger partial charge in [-0.15, -0.1) is 0 Å². The molecule has 0 spiro atoms. The van der Waals surface area contributed by atoms with Gasteiger partial charge in [0.05, 0.1) is 11.8 Å². The number of nitrogens with zero attached hydrogens (tertiary/aromatic N) is 1. The highest BCUT2D eigenvalue weighted by Crippen LogP contribution is 2.32. The molecular weight excluding hydrogens is 275 g/mol. The van der Waals surface area contributed by atoms with Crippen molar-refractivity contribution in [3.05, 3.63) is 34.4 Å². The predicted octanol–water partition coefficient (Wildman–Crippen LogP) is 3.72. The summed E-state index contributed by atoms with van der Waals surface area (Å²) >= 11 is 3.33. The fraction of sp³-hybridized carbons (Fsp3) is 0.182. The molecule has 0 radical (unpaired) electrons. The van der Waals surface area contributed by atoms with E-state index in [9.17, 15) is 4.39 Å². The van der Waals surface area contributed by atoms with Gasteiger partial charge in [0.2, 0.25) is 5.88 Å². The van der Waals surface area contributed by atoms with Crippen LogP contribution in [0.3, 0.4) is 0 Å². The van der Waals surface area contributed by atoms with Crippen molar-refractivity contribution in [3.63, 3.8) is 0 Å². The van der Waals surface area contributed by atoms with Crippen molar-refractivity contribution in [1.82, 2.24) is 5.16 Å².